The Labute approximate surface area is 178 Å². The molecule has 5 heteroatoms. The van der Waals surface area contributed by atoms with Crippen molar-refractivity contribution in [3.63, 3.8) is 0 Å². The zero-order valence-electron chi connectivity index (χ0n) is 18.3. The Balaban J connectivity index is 1.73. The fourth-order valence-electron chi connectivity index (χ4n) is 4.79. The Hall–Kier alpha value is -2.69. The normalized spacial score (nSPS) is 17.8. The summed E-state index contributed by atoms with van der Waals surface area (Å²) in [6.07, 6.45) is 12.4. The molecule has 1 N–H and O–H groups in total. The van der Waals surface area contributed by atoms with Crippen molar-refractivity contribution in [1.29, 1.82) is 0 Å². The number of carbonyl (C=O) groups is 1. The quantitative estimate of drug-likeness (QED) is 0.468. The first-order chi connectivity index (χ1) is 14.7. The van der Waals surface area contributed by atoms with Crippen LogP contribution in [0.4, 0.5) is 0 Å². The Morgan fingerprint density at radius 2 is 2.03 bits per heavy atom. The van der Waals surface area contributed by atoms with Crippen molar-refractivity contribution in [1.82, 2.24) is 9.88 Å². The lowest BCUT2D eigenvalue weighted by Crippen LogP contribution is -2.32. The van der Waals surface area contributed by atoms with Gasteiger partial charge >= 0.3 is 5.97 Å². The minimum atomic E-state index is -0.220. The van der Waals surface area contributed by atoms with E-state index in [2.05, 4.69) is 41.2 Å². The number of hydrogen-bond donors (Lipinski definition) is 1. The highest BCUT2D eigenvalue weighted by Gasteiger charge is 2.35. The van der Waals surface area contributed by atoms with Crippen LogP contribution in [0.15, 0.2) is 36.0 Å². The van der Waals surface area contributed by atoms with Crippen LogP contribution in [0.25, 0.3) is 16.6 Å². The molecule has 0 radical (unpaired) electrons. The molecule has 0 bridgehead atoms. The summed E-state index contributed by atoms with van der Waals surface area (Å²) in [6, 6.07) is 6.11. The molecule has 1 aromatic heterocycles. The maximum absolute atomic E-state index is 12.9. The van der Waals surface area contributed by atoms with E-state index in [4.69, 9.17) is 9.47 Å². The number of nitrogens with zero attached hydrogens (tertiary/aromatic N) is 1. The maximum atomic E-state index is 12.9. The maximum Gasteiger partial charge on any atom is 0.336 e. The molecule has 0 aliphatic carbocycles. The minimum Gasteiger partial charge on any atom is -0.497 e. The third-order valence-electron chi connectivity index (χ3n) is 6.39. The Morgan fingerprint density at radius 3 is 2.80 bits per heavy atom. The molecule has 5 nitrogen and oxygen atoms in total. The van der Waals surface area contributed by atoms with Gasteiger partial charge in [-0.05, 0) is 36.6 Å². The summed E-state index contributed by atoms with van der Waals surface area (Å²) in [6.45, 7) is 3.08. The van der Waals surface area contributed by atoms with Crippen LogP contribution in [0.3, 0.4) is 0 Å². The number of unbranched alkanes of at least 4 members (excludes halogenated alkanes) is 4. The van der Waals surface area contributed by atoms with Gasteiger partial charge in [0, 0.05) is 29.6 Å². The molecule has 0 unspecified atom stereocenters. The Kier molecular flexibility index (Phi) is 6.16. The van der Waals surface area contributed by atoms with Crippen molar-refractivity contribution in [2.75, 3.05) is 20.8 Å². The number of aromatic amines is 1. The zero-order valence-corrected chi connectivity index (χ0v) is 18.3. The van der Waals surface area contributed by atoms with Gasteiger partial charge in [-0.15, -0.1) is 0 Å². The van der Waals surface area contributed by atoms with E-state index in [-0.39, 0.29) is 11.9 Å². The highest BCUT2D eigenvalue weighted by molar-refractivity contribution is 6.01. The summed E-state index contributed by atoms with van der Waals surface area (Å²) in [5.41, 5.74) is 5.15. The van der Waals surface area contributed by atoms with Crippen LogP contribution in [0.2, 0.25) is 0 Å². The molecule has 2 aliphatic rings. The average molecular weight is 409 g/mol. The minimum absolute atomic E-state index is 0.0947. The van der Waals surface area contributed by atoms with Crippen LogP contribution in [-0.4, -0.2) is 36.6 Å². The Morgan fingerprint density at radius 1 is 1.20 bits per heavy atom. The lowest BCUT2D eigenvalue weighted by Gasteiger charge is -2.35. The van der Waals surface area contributed by atoms with Crippen LogP contribution < -0.4 is 4.74 Å². The first kappa shape index (κ1) is 20.6. The number of hydrogen-bond acceptors (Lipinski definition) is 4. The van der Waals surface area contributed by atoms with E-state index in [0.717, 1.165) is 54.0 Å². The molecule has 160 valence electrons. The topological polar surface area (TPSA) is 54.6 Å². The fourth-order valence-corrected chi connectivity index (χ4v) is 4.79. The number of carbonyl (C=O) groups excluding carboxylic acids is 1. The van der Waals surface area contributed by atoms with E-state index in [1.54, 1.807) is 7.11 Å². The lowest BCUT2D eigenvalue weighted by molar-refractivity contribution is -0.136. The lowest BCUT2D eigenvalue weighted by atomic mass is 9.85. The number of nitrogens with one attached hydrogen (secondary N) is 1. The Bertz CT molecular complexity index is 986. The number of rotatable bonds is 8. The van der Waals surface area contributed by atoms with Gasteiger partial charge < -0.3 is 19.4 Å². The highest BCUT2D eigenvalue weighted by Crippen LogP contribution is 2.42. The van der Waals surface area contributed by atoms with Gasteiger partial charge in [0.1, 0.15) is 5.75 Å². The third-order valence-corrected chi connectivity index (χ3v) is 6.39. The van der Waals surface area contributed by atoms with E-state index >= 15 is 0 Å². The van der Waals surface area contributed by atoms with E-state index in [1.807, 2.05) is 6.07 Å². The summed E-state index contributed by atoms with van der Waals surface area (Å²) >= 11 is 0. The monoisotopic (exact) mass is 408 g/mol. The molecule has 0 saturated heterocycles. The zero-order chi connectivity index (χ0) is 21.1. The number of allylic oxidation sites excluding steroid dienone is 1. The number of H-pyrrole nitrogens is 1. The molecule has 0 amide bonds. The standard InChI is InChI=1S/C25H32N2O3/c1-4-5-6-7-8-9-17-12-14-27-15-13-19-20-16-18(29-2)10-11-21(20)26-23(19)24(27)22(17)25(28)30-3/h10-12,14,16-17,26H,4-9,13,15H2,1-3H3/t17-/m1/s1. The van der Waals surface area contributed by atoms with Gasteiger partial charge in [0.15, 0.2) is 0 Å². The van der Waals surface area contributed by atoms with Crippen molar-refractivity contribution >= 4 is 22.6 Å². The van der Waals surface area contributed by atoms with Gasteiger partial charge in [-0.2, -0.15) is 0 Å². The SMILES string of the molecule is CCCCCCC[C@@H]1C=CN2CCc3c([nH]c4ccc(OC)cc34)C2=C1C(=O)OC. The van der Waals surface area contributed by atoms with Crippen molar-refractivity contribution in [3.05, 3.63) is 47.3 Å². The van der Waals surface area contributed by atoms with Crippen LogP contribution in [0, 0.1) is 5.92 Å². The van der Waals surface area contributed by atoms with Gasteiger partial charge in [-0.25, -0.2) is 4.79 Å². The molecule has 2 aromatic rings. The van der Waals surface area contributed by atoms with Crippen molar-refractivity contribution < 1.29 is 14.3 Å². The number of fused-ring (bicyclic) bond motifs is 5. The summed E-state index contributed by atoms with van der Waals surface area (Å²) < 4.78 is 10.7. The van der Waals surface area contributed by atoms with Crippen LogP contribution >= 0.6 is 0 Å². The number of benzene rings is 1. The molecular formula is C25H32N2O3. The third kappa shape index (κ3) is 3.73. The molecule has 4 rings (SSSR count). The summed E-state index contributed by atoms with van der Waals surface area (Å²) in [5.74, 6) is 0.724. The van der Waals surface area contributed by atoms with Crippen molar-refractivity contribution in [2.24, 2.45) is 5.92 Å². The first-order valence-electron chi connectivity index (χ1n) is 11.1. The van der Waals surface area contributed by atoms with E-state index in [9.17, 15) is 4.79 Å². The molecule has 0 spiro atoms. The summed E-state index contributed by atoms with van der Waals surface area (Å²) in [7, 11) is 3.17. The van der Waals surface area contributed by atoms with Gasteiger partial charge in [0.2, 0.25) is 0 Å². The first-order valence-corrected chi connectivity index (χ1v) is 11.1. The second kappa shape index (κ2) is 8.99. The second-order valence-corrected chi connectivity index (χ2v) is 8.24. The van der Waals surface area contributed by atoms with Crippen molar-refractivity contribution in [3.8, 4) is 5.75 Å². The predicted octanol–water partition coefficient (Wildman–Crippen LogP) is 5.42. The summed E-state index contributed by atoms with van der Waals surface area (Å²) in [4.78, 5) is 18.7. The van der Waals surface area contributed by atoms with Crippen LogP contribution in [0.1, 0.15) is 56.7 Å². The predicted molar refractivity (Wildman–Crippen MR) is 120 cm³/mol. The fraction of sp³-hybridized carbons (Fsp3) is 0.480. The second-order valence-electron chi connectivity index (χ2n) is 8.24. The molecular weight excluding hydrogens is 376 g/mol. The molecule has 30 heavy (non-hydrogen) atoms. The highest BCUT2D eigenvalue weighted by atomic mass is 16.5. The van der Waals surface area contributed by atoms with Gasteiger partial charge in [-0.3, -0.25) is 0 Å². The average Bonchev–Trinajstić information content (AvgIpc) is 3.16. The molecule has 0 saturated carbocycles. The van der Waals surface area contributed by atoms with Crippen LogP contribution in [0.5, 0.6) is 5.75 Å². The smallest absolute Gasteiger partial charge is 0.336 e. The molecule has 2 aliphatic heterocycles. The van der Waals surface area contributed by atoms with Crippen molar-refractivity contribution in [2.45, 2.75) is 51.9 Å². The van der Waals surface area contributed by atoms with E-state index in [0.29, 0.717) is 0 Å². The molecule has 1 aromatic carbocycles. The van der Waals surface area contributed by atoms with Crippen LogP contribution in [-0.2, 0) is 16.0 Å². The van der Waals surface area contributed by atoms with Gasteiger partial charge in [0.05, 0.1) is 31.2 Å². The number of esters is 1. The number of ether oxygens (including phenoxy) is 2. The molecule has 1 atom stereocenters. The van der Waals surface area contributed by atoms with Gasteiger partial charge in [-0.1, -0.05) is 45.1 Å². The number of aromatic nitrogens is 1. The molecule has 0 fully saturated rings. The largest absolute Gasteiger partial charge is 0.497 e. The van der Waals surface area contributed by atoms with E-state index < -0.39 is 0 Å². The van der Waals surface area contributed by atoms with Gasteiger partial charge in [0.25, 0.3) is 0 Å². The number of methoxy groups -OCH3 is 2. The van der Waals surface area contributed by atoms with E-state index in [1.165, 1.54) is 43.7 Å². The molecule has 3 heterocycles. The summed E-state index contributed by atoms with van der Waals surface area (Å²) in [5, 5.41) is 1.17.